The van der Waals surface area contributed by atoms with Crippen molar-refractivity contribution in [2.75, 3.05) is 18.4 Å². The van der Waals surface area contributed by atoms with Gasteiger partial charge in [-0.15, -0.1) is 0 Å². The molecule has 0 radical (unpaired) electrons. The predicted molar refractivity (Wildman–Crippen MR) is 82.5 cm³/mol. The van der Waals surface area contributed by atoms with Gasteiger partial charge in [0.05, 0.1) is 0 Å². The number of hydrogen-bond donors (Lipinski definition) is 1. The second-order valence-electron chi connectivity index (χ2n) is 6.15. The van der Waals surface area contributed by atoms with Crippen LogP contribution in [-0.2, 0) is 6.54 Å². The van der Waals surface area contributed by atoms with E-state index in [9.17, 15) is 0 Å². The summed E-state index contributed by atoms with van der Waals surface area (Å²) >= 11 is 0. The van der Waals surface area contributed by atoms with Crippen LogP contribution in [0.3, 0.4) is 0 Å². The lowest BCUT2D eigenvalue weighted by atomic mass is 10.2. The molecule has 0 atom stereocenters. The van der Waals surface area contributed by atoms with Crippen LogP contribution < -0.4 is 5.32 Å². The maximum absolute atomic E-state index is 4.39. The number of imidazole rings is 1. The summed E-state index contributed by atoms with van der Waals surface area (Å²) in [7, 11) is 0. The van der Waals surface area contributed by atoms with Gasteiger partial charge in [0.25, 0.3) is 0 Å². The lowest BCUT2D eigenvalue weighted by molar-refractivity contribution is 0.182. The summed E-state index contributed by atoms with van der Waals surface area (Å²) in [6, 6.07) is 1.16. The molecule has 0 unspecified atom stereocenters. The van der Waals surface area contributed by atoms with Gasteiger partial charge in [-0.25, -0.2) is 4.98 Å². The molecule has 1 aromatic heterocycles. The average molecular weight is 266 g/mol. The number of anilines is 1. The highest BCUT2D eigenvalue weighted by Gasteiger charge is 2.13. The van der Waals surface area contributed by atoms with Crippen LogP contribution in [0.5, 0.6) is 0 Å². The molecule has 110 valence electrons. The van der Waals surface area contributed by atoms with Gasteiger partial charge in [-0.05, 0) is 33.6 Å². The van der Waals surface area contributed by atoms with Crippen molar-refractivity contribution in [3.05, 3.63) is 12.4 Å². The molecule has 1 aromatic rings. The largest absolute Gasteiger partial charge is 0.354 e. The summed E-state index contributed by atoms with van der Waals surface area (Å²) in [6.45, 7) is 16.4. The molecule has 4 nitrogen and oxygen atoms in total. The molecule has 0 amide bonds. The van der Waals surface area contributed by atoms with Gasteiger partial charge in [0, 0.05) is 44.1 Å². The first-order chi connectivity index (χ1) is 8.91. The van der Waals surface area contributed by atoms with Crippen LogP contribution in [0.15, 0.2) is 12.4 Å². The maximum atomic E-state index is 4.39. The average Bonchev–Trinajstić information content (AvgIpc) is 2.70. The van der Waals surface area contributed by atoms with Crippen molar-refractivity contribution in [3.8, 4) is 0 Å². The van der Waals surface area contributed by atoms with E-state index in [1.165, 1.54) is 0 Å². The summed E-state index contributed by atoms with van der Waals surface area (Å²) in [5.41, 5.74) is 0. The SMILES string of the molecule is CC(C)Cn1ccnc1NCCN(C(C)C)C(C)C. The summed E-state index contributed by atoms with van der Waals surface area (Å²) in [4.78, 5) is 6.88. The number of rotatable bonds is 8. The van der Waals surface area contributed by atoms with Crippen molar-refractivity contribution in [2.24, 2.45) is 5.92 Å². The number of nitrogens with one attached hydrogen (secondary N) is 1. The van der Waals surface area contributed by atoms with Gasteiger partial charge in [0.2, 0.25) is 5.95 Å². The van der Waals surface area contributed by atoms with E-state index in [0.29, 0.717) is 18.0 Å². The molecule has 19 heavy (non-hydrogen) atoms. The third kappa shape index (κ3) is 5.23. The molecular formula is C15H30N4. The van der Waals surface area contributed by atoms with Crippen LogP contribution in [0.25, 0.3) is 0 Å². The van der Waals surface area contributed by atoms with Crippen LogP contribution in [-0.4, -0.2) is 39.6 Å². The predicted octanol–water partition coefficient (Wildman–Crippen LogP) is 3.07. The Morgan fingerprint density at radius 3 is 2.32 bits per heavy atom. The standard InChI is InChI=1S/C15H30N4/c1-12(2)11-18-9-7-16-15(18)17-8-10-19(13(3)4)14(5)6/h7,9,12-14H,8,10-11H2,1-6H3,(H,16,17). The Labute approximate surface area is 118 Å². The van der Waals surface area contributed by atoms with E-state index in [4.69, 9.17) is 0 Å². The number of aromatic nitrogens is 2. The van der Waals surface area contributed by atoms with Crippen molar-refractivity contribution in [2.45, 2.75) is 60.2 Å². The van der Waals surface area contributed by atoms with E-state index in [1.807, 2.05) is 12.4 Å². The molecule has 0 aliphatic rings. The van der Waals surface area contributed by atoms with E-state index in [2.05, 4.69) is 61.3 Å². The quantitative estimate of drug-likeness (QED) is 0.785. The lowest BCUT2D eigenvalue weighted by Gasteiger charge is -2.30. The zero-order valence-electron chi connectivity index (χ0n) is 13.3. The Kier molecular flexibility index (Phi) is 6.35. The summed E-state index contributed by atoms with van der Waals surface area (Å²) in [5, 5.41) is 3.45. The highest BCUT2D eigenvalue weighted by molar-refractivity contribution is 5.25. The van der Waals surface area contributed by atoms with Gasteiger partial charge < -0.3 is 9.88 Å². The molecule has 0 aromatic carbocycles. The van der Waals surface area contributed by atoms with E-state index in [1.54, 1.807) is 0 Å². The lowest BCUT2D eigenvalue weighted by Crippen LogP contribution is -2.40. The molecule has 4 heteroatoms. The zero-order chi connectivity index (χ0) is 14.4. The van der Waals surface area contributed by atoms with E-state index in [-0.39, 0.29) is 0 Å². The molecular weight excluding hydrogens is 236 g/mol. The molecule has 0 fully saturated rings. The minimum absolute atomic E-state index is 0.581. The van der Waals surface area contributed by atoms with Crippen molar-refractivity contribution < 1.29 is 0 Å². The van der Waals surface area contributed by atoms with Gasteiger partial charge in [0.15, 0.2) is 0 Å². The van der Waals surface area contributed by atoms with Gasteiger partial charge in [-0.1, -0.05) is 13.8 Å². The molecule has 1 heterocycles. The minimum atomic E-state index is 0.581. The maximum Gasteiger partial charge on any atom is 0.202 e. The molecule has 1 rings (SSSR count). The Balaban J connectivity index is 2.46. The smallest absolute Gasteiger partial charge is 0.202 e. The van der Waals surface area contributed by atoms with Crippen molar-refractivity contribution >= 4 is 5.95 Å². The van der Waals surface area contributed by atoms with Crippen LogP contribution in [0, 0.1) is 5.92 Å². The fourth-order valence-corrected chi connectivity index (χ4v) is 2.43. The van der Waals surface area contributed by atoms with Crippen LogP contribution in [0.1, 0.15) is 41.5 Å². The van der Waals surface area contributed by atoms with Crippen LogP contribution >= 0.6 is 0 Å². The molecule has 0 spiro atoms. The normalized spacial score (nSPS) is 12.1. The van der Waals surface area contributed by atoms with Gasteiger partial charge in [-0.3, -0.25) is 4.90 Å². The summed E-state index contributed by atoms with van der Waals surface area (Å²) < 4.78 is 2.19. The highest BCUT2D eigenvalue weighted by Crippen LogP contribution is 2.09. The van der Waals surface area contributed by atoms with Crippen molar-refractivity contribution in [1.82, 2.24) is 14.5 Å². The Morgan fingerprint density at radius 1 is 1.16 bits per heavy atom. The highest BCUT2D eigenvalue weighted by atomic mass is 15.2. The van der Waals surface area contributed by atoms with E-state index in [0.717, 1.165) is 25.6 Å². The first-order valence-electron chi connectivity index (χ1n) is 7.42. The molecule has 0 saturated heterocycles. The second-order valence-corrected chi connectivity index (χ2v) is 6.15. The molecule has 0 aliphatic heterocycles. The Bertz CT molecular complexity index is 347. The third-order valence-electron chi connectivity index (χ3n) is 3.26. The zero-order valence-corrected chi connectivity index (χ0v) is 13.3. The van der Waals surface area contributed by atoms with E-state index >= 15 is 0 Å². The van der Waals surface area contributed by atoms with Crippen LogP contribution in [0.2, 0.25) is 0 Å². The van der Waals surface area contributed by atoms with Crippen molar-refractivity contribution in [3.63, 3.8) is 0 Å². The molecule has 0 bridgehead atoms. The van der Waals surface area contributed by atoms with Gasteiger partial charge >= 0.3 is 0 Å². The molecule has 0 aliphatic carbocycles. The fourth-order valence-electron chi connectivity index (χ4n) is 2.43. The number of hydrogen-bond acceptors (Lipinski definition) is 3. The summed E-state index contributed by atoms with van der Waals surface area (Å²) in [5.74, 6) is 1.62. The fraction of sp³-hybridized carbons (Fsp3) is 0.800. The monoisotopic (exact) mass is 266 g/mol. The van der Waals surface area contributed by atoms with E-state index < -0.39 is 0 Å². The summed E-state index contributed by atoms with van der Waals surface area (Å²) in [6.07, 6.45) is 3.92. The Morgan fingerprint density at radius 2 is 1.79 bits per heavy atom. The van der Waals surface area contributed by atoms with Gasteiger partial charge in [-0.2, -0.15) is 0 Å². The van der Waals surface area contributed by atoms with Gasteiger partial charge in [0.1, 0.15) is 0 Å². The second kappa shape index (κ2) is 7.53. The van der Waals surface area contributed by atoms with Crippen molar-refractivity contribution in [1.29, 1.82) is 0 Å². The number of nitrogens with zero attached hydrogens (tertiary/aromatic N) is 3. The van der Waals surface area contributed by atoms with Crippen LogP contribution in [0.4, 0.5) is 5.95 Å². The minimum Gasteiger partial charge on any atom is -0.354 e. The Hall–Kier alpha value is -1.03. The first-order valence-corrected chi connectivity index (χ1v) is 7.42. The molecule has 1 N–H and O–H groups in total. The third-order valence-corrected chi connectivity index (χ3v) is 3.26. The topological polar surface area (TPSA) is 33.1 Å². The molecule has 0 saturated carbocycles. The first kappa shape index (κ1) is 16.0.